The van der Waals surface area contributed by atoms with Gasteiger partial charge in [-0.25, -0.2) is 4.90 Å². The number of halogens is 1. The van der Waals surface area contributed by atoms with Crippen molar-refractivity contribution < 1.29 is 14.4 Å². The molecule has 2 aliphatic rings. The third-order valence-corrected chi connectivity index (χ3v) is 6.27. The monoisotopic (exact) mass is 487 g/mol. The molecule has 2 amide bonds. The number of rotatable bonds is 4. The van der Waals surface area contributed by atoms with Crippen LogP contribution in [-0.4, -0.2) is 29.4 Å². The van der Waals surface area contributed by atoms with E-state index in [0.717, 1.165) is 15.7 Å². The number of hydrazone groups is 1. The lowest BCUT2D eigenvalue weighted by molar-refractivity contribution is -0.121. The van der Waals surface area contributed by atoms with E-state index in [1.54, 1.807) is 29.3 Å². The molecule has 0 N–H and O–H groups in total. The number of ketones is 1. The maximum absolute atomic E-state index is 13.6. The maximum atomic E-state index is 13.6. The van der Waals surface area contributed by atoms with Gasteiger partial charge < -0.3 is 0 Å². The van der Waals surface area contributed by atoms with E-state index < -0.39 is 12.0 Å². The van der Waals surface area contributed by atoms with Gasteiger partial charge in [0, 0.05) is 10.0 Å². The molecule has 6 nitrogen and oxygen atoms in total. The molecule has 0 unspecified atom stereocenters. The summed E-state index contributed by atoms with van der Waals surface area (Å²) in [6.45, 7) is 1.48. The van der Waals surface area contributed by atoms with Gasteiger partial charge in [-0.05, 0) is 61.0 Å². The zero-order chi connectivity index (χ0) is 22.4. The van der Waals surface area contributed by atoms with Gasteiger partial charge in [0.05, 0.1) is 17.1 Å². The summed E-state index contributed by atoms with van der Waals surface area (Å²) in [7, 11) is 0. The van der Waals surface area contributed by atoms with Gasteiger partial charge in [0.15, 0.2) is 5.78 Å². The highest BCUT2D eigenvalue weighted by molar-refractivity contribution is 9.10. The highest BCUT2D eigenvalue weighted by Crippen LogP contribution is 2.39. The molecule has 32 heavy (non-hydrogen) atoms. The molecule has 0 spiro atoms. The smallest absolute Gasteiger partial charge is 0.259 e. The summed E-state index contributed by atoms with van der Waals surface area (Å²) in [6.07, 6.45) is 0. The average Bonchev–Trinajstić information content (AvgIpc) is 3.32. The predicted octanol–water partition coefficient (Wildman–Crippen LogP) is 4.43. The van der Waals surface area contributed by atoms with Crippen LogP contribution < -0.4 is 9.91 Å². The van der Waals surface area contributed by atoms with E-state index in [2.05, 4.69) is 15.9 Å². The Morgan fingerprint density at radius 1 is 0.844 bits per heavy atom. The van der Waals surface area contributed by atoms with Crippen LogP contribution >= 0.6 is 15.9 Å². The van der Waals surface area contributed by atoms with Crippen LogP contribution in [0.4, 0.5) is 11.4 Å². The van der Waals surface area contributed by atoms with Crippen LogP contribution in [0.1, 0.15) is 22.8 Å². The maximum Gasteiger partial charge on any atom is 0.259 e. The van der Waals surface area contributed by atoms with E-state index in [1.807, 2.05) is 54.6 Å². The van der Waals surface area contributed by atoms with Gasteiger partial charge in [-0.15, -0.1) is 0 Å². The number of nitrogens with zero attached hydrogens (tertiary/aromatic N) is 3. The van der Waals surface area contributed by atoms with Gasteiger partial charge in [0.25, 0.3) is 5.91 Å². The minimum atomic E-state index is -0.768. The van der Waals surface area contributed by atoms with E-state index in [-0.39, 0.29) is 17.6 Å². The minimum Gasteiger partial charge on any atom is -0.295 e. The van der Waals surface area contributed by atoms with E-state index in [9.17, 15) is 14.4 Å². The van der Waals surface area contributed by atoms with Crippen LogP contribution in [-0.2, 0) is 9.59 Å². The summed E-state index contributed by atoms with van der Waals surface area (Å²) in [5.74, 6) is -1.46. The number of para-hydroxylation sites is 1. The molecule has 3 aromatic carbocycles. The van der Waals surface area contributed by atoms with Crippen LogP contribution in [0.3, 0.4) is 0 Å². The second-order valence-electron chi connectivity index (χ2n) is 7.71. The molecule has 0 aromatic heterocycles. The average molecular weight is 488 g/mol. The number of imide groups is 1. The lowest BCUT2D eigenvalue weighted by Gasteiger charge is -2.22. The fourth-order valence-electron chi connectivity index (χ4n) is 4.17. The van der Waals surface area contributed by atoms with Crippen molar-refractivity contribution in [2.24, 2.45) is 11.0 Å². The fourth-order valence-corrected chi connectivity index (χ4v) is 4.43. The van der Waals surface area contributed by atoms with Crippen LogP contribution in [0.15, 0.2) is 88.4 Å². The third kappa shape index (κ3) is 3.26. The van der Waals surface area contributed by atoms with Crippen molar-refractivity contribution in [3.8, 4) is 0 Å². The Balaban J connectivity index is 1.59. The Morgan fingerprint density at radius 2 is 1.50 bits per heavy atom. The Hall–Kier alpha value is -3.58. The van der Waals surface area contributed by atoms with E-state index in [1.165, 1.54) is 11.8 Å². The number of carbonyl (C=O) groups is 3. The van der Waals surface area contributed by atoms with Crippen molar-refractivity contribution in [1.29, 1.82) is 0 Å². The van der Waals surface area contributed by atoms with E-state index in [4.69, 9.17) is 5.10 Å². The third-order valence-electron chi connectivity index (χ3n) is 5.74. The topological polar surface area (TPSA) is 70.1 Å². The Labute approximate surface area is 193 Å². The lowest BCUT2D eigenvalue weighted by Crippen LogP contribution is -2.39. The SMILES string of the molecule is CC(=O)c1ccc(N2C(=O)[C@H]3C(c4ccc(Br)cc4)=NN(c4ccccc4)[C@@H]3C2=O)cc1. The summed E-state index contributed by atoms with van der Waals surface area (Å²) in [4.78, 5) is 39.9. The lowest BCUT2D eigenvalue weighted by atomic mass is 9.93. The van der Waals surface area contributed by atoms with Crippen LogP contribution in [0.2, 0.25) is 0 Å². The van der Waals surface area contributed by atoms with Gasteiger partial charge >= 0.3 is 0 Å². The summed E-state index contributed by atoms with van der Waals surface area (Å²) < 4.78 is 0.914. The van der Waals surface area contributed by atoms with E-state index in [0.29, 0.717) is 17.0 Å². The predicted molar refractivity (Wildman–Crippen MR) is 126 cm³/mol. The first-order chi connectivity index (χ1) is 15.5. The zero-order valence-corrected chi connectivity index (χ0v) is 18.7. The molecule has 0 radical (unpaired) electrons. The molecule has 3 aromatic rings. The van der Waals surface area contributed by atoms with Crippen molar-refractivity contribution in [2.75, 3.05) is 9.91 Å². The van der Waals surface area contributed by atoms with Crippen molar-refractivity contribution in [2.45, 2.75) is 13.0 Å². The second kappa shape index (κ2) is 7.84. The summed E-state index contributed by atoms with van der Waals surface area (Å²) >= 11 is 3.43. The number of amides is 2. The Kier molecular flexibility index (Phi) is 4.98. The minimum absolute atomic E-state index is 0.0765. The molecule has 2 heterocycles. The van der Waals surface area contributed by atoms with Gasteiger partial charge in [-0.2, -0.15) is 5.10 Å². The normalized spacial score (nSPS) is 19.9. The molecular weight excluding hydrogens is 470 g/mol. The Bertz CT molecular complexity index is 1250. The molecule has 2 atom stereocenters. The highest BCUT2D eigenvalue weighted by atomic mass is 79.9. The molecule has 1 fully saturated rings. The molecule has 5 rings (SSSR count). The summed E-state index contributed by atoms with van der Waals surface area (Å²) in [6, 6.07) is 22.7. The number of hydrogen-bond acceptors (Lipinski definition) is 5. The first kappa shape index (κ1) is 20.3. The van der Waals surface area contributed by atoms with Gasteiger partial charge in [0.1, 0.15) is 12.0 Å². The molecule has 0 bridgehead atoms. The number of benzene rings is 3. The van der Waals surface area contributed by atoms with E-state index >= 15 is 0 Å². The van der Waals surface area contributed by atoms with Crippen molar-refractivity contribution in [1.82, 2.24) is 0 Å². The number of carbonyl (C=O) groups excluding carboxylic acids is 3. The van der Waals surface area contributed by atoms with Crippen LogP contribution in [0.25, 0.3) is 0 Å². The van der Waals surface area contributed by atoms with Gasteiger partial charge in [-0.1, -0.05) is 46.3 Å². The highest BCUT2D eigenvalue weighted by Gasteiger charge is 2.57. The molecule has 158 valence electrons. The number of anilines is 2. The second-order valence-corrected chi connectivity index (χ2v) is 8.63. The first-order valence-corrected chi connectivity index (χ1v) is 10.9. The van der Waals surface area contributed by atoms with Crippen LogP contribution in [0, 0.1) is 5.92 Å². The van der Waals surface area contributed by atoms with Gasteiger partial charge in [0.2, 0.25) is 5.91 Å². The molecule has 0 saturated carbocycles. The standard InChI is InChI=1S/C25H18BrN3O3/c1-15(30)16-9-13-19(14-10-16)28-24(31)21-22(17-7-11-18(26)12-8-17)27-29(23(21)25(28)32)20-5-3-2-4-6-20/h2-14,21,23H,1H3/t21-,23-/m0/s1. The summed E-state index contributed by atoms with van der Waals surface area (Å²) in [5.41, 5.74) is 3.06. The van der Waals surface area contributed by atoms with Crippen LogP contribution in [0.5, 0.6) is 0 Å². The van der Waals surface area contributed by atoms with Crippen molar-refractivity contribution in [3.63, 3.8) is 0 Å². The summed E-state index contributed by atoms with van der Waals surface area (Å²) in [5, 5.41) is 6.38. The zero-order valence-electron chi connectivity index (χ0n) is 17.1. The fraction of sp³-hybridized carbons (Fsp3) is 0.120. The van der Waals surface area contributed by atoms with Gasteiger partial charge in [-0.3, -0.25) is 19.4 Å². The molecular formula is C25H18BrN3O3. The largest absolute Gasteiger partial charge is 0.295 e. The molecule has 7 heteroatoms. The first-order valence-electron chi connectivity index (χ1n) is 10.1. The Morgan fingerprint density at radius 3 is 2.12 bits per heavy atom. The number of hydrogen-bond donors (Lipinski definition) is 0. The number of fused-ring (bicyclic) bond motifs is 1. The van der Waals surface area contributed by atoms with Crippen molar-refractivity contribution >= 4 is 50.6 Å². The molecule has 1 saturated heterocycles. The number of Topliss-reactive ketones (excluding diaryl/α,β-unsaturated/α-hetero) is 1. The quantitative estimate of drug-likeness (QED) is 0.403. The molecule has 2 aliphatic heterocycles. The molecule has 0 aliphatic carbocycles. The van der Waals surface area contributed by atoms with Crippen molar-refractivity contribution in [3.05, 3.63) is 94.5 Å².